The molecule has 3 aromatic rings. The van der Waals surface area contributed by atoms with Gasteiger partial charge in [0.05, 0.1) is 16.8 Å². The number of aromatic amines is 1. The van der Waals surface area contributed by atoms with E-state index in [9.17, 15) is 18.0 Å². The summed E-state index contributed by atoms with van der Waals surface area (Å²) in [6, 6.07) is 11.7. The largest absolute Gasteiger partial charge is 0.325 e. The van der Waals surface area contributed by atoms with Gasteiger partial charge in [0, 0.05) is 10.7 Å². The highest BCUT2D eigenvalue weighted by atomic mass is 35.5. The number of benzene rings is 2. The number of nitrogens with one attached hydrogen (secondary N) is 2. The van der Waals surface area contributed by atoms with Crippen LogP contribution in [0.4, 0.5) is 5.69 Å². The Morgan fingerprint density at radius 3 is 2.55 bits per heavy atom. The second kappa shape index (κ2) is 11.0. The zero-order valence-corrected chi connectivity index (χ0v) is 20.6. The maximum absolute atomic E-state index is 12.9. The van der Waals surface area contributed by atoms with Crippen molar-refractivity contribution in [2.75, 3.05) is 11.1 Å². The van der Waals surface area contributed by atoms with Gasteiger partial charge in [0.1, 0.15) is 0 Å². The SMILES string of the molecule is CCCCc1ccc(S(=O)(=O)c2cnc(SCC(=O)Nc3ccc(C)c(Cl)c3)[nH]c2=O)cc1. The van der Waals surface area contributed by atoms with Crippen LogP contribution in [0.25, 0.3) is 0 Å². The molecule has 0 bridgehead atoms. The van der Waals surface area contributed by atoms with E-state index in [-0.39, 0.29) is 21.7 Å². The molecule has 1 amide bonds. The molecule has 10 heteroatoms. The van der Waals surface area contributed by atoms with Crippen molar-refractivity contribution in [1.82, 2.24) is 9.97 Å². The first-order valence-electron chi connectivity index (χ1n) is 10.3. The summed E-state index contributed by atoms with van der Waals surface area (Å²) in [6.07, 6.45) is 3.97. The molecule has 0 aliphatic heterocycles. The van der Waals surface area contributed by atoms with E-state index in [0.717, 1.165) is 48.3 Å². The maximum Gasteiger partial charge on any atom is 0.270 e. The fourth-order valence-corrected chi connectivity index (χ4v) is 5.02. The first-order valence-corrected chi connectivity index (χ1v) is 13.2. The molecule has 1 heterocycles. The van der Waals surface area contributed by atoms with Crippen LogP contribution in [-0.2, 0) is 21.1 Å². The van der Waals surface area contributed by atoms with Crippen molar-refractivity contribution >= 4 is 44.8 Å². The average Bonchev–Trinajstić information content (AvgIpc) is 2.79. The number of halogens is 1. The van der Waals surface area contributed by atoms with Crippen molar-refractivity contribution in [1.29, 1.82) is 0 Å². The molecule has 3 rings (SSSR count). The third-order valence-corrected chi connectivity index (χ3v) is 7.94. The van der Waals surface area contributed by atoms with Crippen LogP contribution in [0.15, 0.2) is 68.4 Å². The number of rotatable bonds is 9. The molecule has 0 fully saturated rings. The summed E-state index contributed by atoms with van der Waals surface area (Å²) in [6.45, 7) is 3.95. The van der Waals surface area contributed by atoms with Gasteiger partial charge in [-0.3, -0.25) is 9.59 Å². The van der Waals surface area contributed by atoms with E-state index >= 15 is 0 Å². The van der Waals surface area contributed by atoms with Crippen molar-refractivity contribution in [2.24, 2.45) is 0 Å². The monoisotopic (exact) mass is 505 g/mol. The lowest BCUT2D eigenvalue weighted by atomic mass is 10.1. The van der Waals surface area contributed by atoms with Gasteiger partial charge in [-0.1, -0.05) is 54.9 Å². The number of carbonyl (C=O) groups is 1. The van der Waals surface area contributed by atoms with Gasteiger partial charge in [-0.2, -0.15) is 0 Å². The lowest BCUT2D eigenvalue weighted by Crippen LogP contribution is -2.20. The topological polar surface area (TPSA) is 109 Å². The molecule has 7 nitrogen and oxygen atoms in total. The first kappa shape index (κ1) is 25.0. The van der Waals surface area contributed by atoms with E-state index in [4.69, 9.17) is 11.6 Å². The van der Waals surface area contributed by atoms with Crippen molar-refractivity contribution in [3.8, 4) is 0 Å². The number of hydrogen-bond donors (Lipinski definition) is 2. The number of carbonyl (C=O) groups excluding carboxylic acids is 1. The van der Waals surface area contributed by atoms with E-state index in [1.165, 1.54) is 12.1 Å². The van der Waals surface area contributed by atoms with Gasteiger partial charge in [-0.25, -0.2) is 13.4 Å². The Bertz CT molecular complexity index is 1310. The molecule has 1 aromatic heterocycles. The normalized spacial score (nSPS) is 11.4. The van der Waals surface area contributed by atoms with E-state index < -0.39 is 20.3 Å². The number of hydrogen-bond acceptors (Lipinski definition) is 6. The highest BCUT2D eigenvalue weighted by Crippen LogP contribution is 2.22. The summed E-state index contributed by atoms with van der Waals surface area (Å²) in [7, 11) is -4.01. The molecule has 0 saturated carbocycles. The lowest BCUT2D eigenvalue weighted by molar-refractivity contribution is -0.113. The molecule has 0 aliphatic carbocycles. The van der Waals surface area contributed by atoms with Crippen LogP contribution in [0.2, 0.25) is 5.02 Å². The molecule has 2 N–H and O–H groups in total. The number of H-pyrrole nitrogens is 1. The molecular weight excluding hydrogens is 482 g/mol. The Hall–Kier alpha value is -2.62. The summed E-state index contributed by atoms with van der Waals surface area (Å²) >= 11 is 7.04. The van der Waals surface area contributed by atoms with Crippen molar-refractivity contribution in [2.45, 2.75) is 48.1 Å². The maximum atomic E-state index is 12.9. The Morgan fingerprint density at radius 1 is 1.18 bits per heavy atom. The molecule has 2 aromatic carbocycles. The van der Waals surface area contributed by atoms with Crippen LogP contribution in [0.5, 0.6) is 0 Å². The predicted octanol–water partition coefficient (Wildman–Crippen LogP) is 4.64. The average molecular weight is 506 g/mol. The Morgan fingerprint density at radius 2 is 1.91 bits per heavy atom. The highest BCUT2D eigenvalue weighted by molar-refractivity contribution is 7.99. The molecule has 0 atom stereocenters. The van der Waals surface area contributed by atoms with Gasteiger partial charge in [0.15, 0.2) is 10.1 Å². The van der Waals surface area contributed by atoms with Gasteiger partial charge >= 0.3 is 0 Å². The Labute approximate surface area is 201 Å². The van der Waals surface area contributed by atoms with Gasteiger partial charge in [-0.15, -0.1) is 0 Å². The fraction of sp³-hybridized carbons (Fsp3) is 0.261. The zero-order valence-electron chi connectivity index (χ0n) is 18.2. The summed E-state index contributed by atoms with van der Waals surface area (Å²) in [5.41, 5.74) is 1.71. The van der Waals surface area contributed by atoms with Gasteiger partial charge in [-0.05, 0) is 55.2 Å². The van der Waals surface area contributed by atoms with Crippen molar-refractivity contribution in [3.63, 3.8) is 0 Å². The zero-order chi connectivity index (χ0) is 24.0. The molecular formula is C23H24ClN3O4S2. The highest BCUT2D eigenvalue weighted by Gasteiger charge is 2.22. The summed E-state index contributed by atoms with van der Waals surface area (Å²) in [5, 5.41) is 3.39. The van der Waals surface area contributed by atoms with E-state index in [2.05, 4.69) is 22.2 Å². The quantitative estimate of drug-likeness (QED) is 0.324. The third kappa shape index (κ3) is 6.46. The second-order valence-electron chi connectivity index (χ2n) is 7.43. The second-order valence-corrected chi connectivity index (χ2v) is 10.7. The number of anilines is 1. The number of amides is 1. The molecule has 174 valence electrons. The molecule has 0 spiro atoms. The van der Waals surface area contributed by atoms with Crippen LogP contribution in [0, 0.1) is 6.92 Å². The van der Waals surface area contributed by atoms with Crippen LogP contribution in [0.1, 0.15) is 30.9 Å². The minimum absolute atomic E-state index is 0.0280. The van der Waals surface area contributed by atoms with Crippen LogP contribution in [-0.4, -0.2) is 30.0 Å². The van der Waals surface area contributed by atoms with Gasteiger partial charge < -0.3 is 10.3 Å². The summed E-state index contributed by atoms with van der Waals surface area (Å²) in [5.74, 6) is -0.345. The van der Waals surface area contributed by atoms with Crippen LogP contribution < -0.4 is 10.9 Å². The lowest BCUT2D eigenvalue weighted by Gasteiger charge is -2.08. The number of nitrogens with zero attached hydrogens (tertiary/aromatic N) is 1. The van der Waals surface area contributed by atoms with Crippen molar-refractivity contribution in [3.05, 3.63) is 75.2 Å². The van der Waals surface area contributed by atoms with Gasteiger partial charge in [0.25, 0.3) is 5.56 Å². The molecule has 0 saturated heterocycles. The smallest absolute Gasteiger partial charge is 0.270 e. The van der Waals surface area contributed by atoms with Crippen LogP contribution >= 0.6 is 23.4 Å². The van der Waals surface area contributed by atoms with E-state index in [0.29, 0.717) is 10.7 Å². The summed E-state index contributed by atoms with van der Waals surface area (Å²) < 4.78 is 25.7. The Balaban J connectivity index is 1.67. The van der Waals surface area contributed by atoms with E-state index in [1.54, 1.807) is 30.3 Å². The third-order valence-electron chi connectivity index (χ3n) is 4.88. The van der Waals surface area contributed by atoms with Crippen molar-refractivity contribution < 1.29 is 13.2 Å². The standard InChI is InChI=1S/C23H24ClN3O4S2/c1-3-4-5-16-7-10-18(11-8-16)33(30,31)20-13-25-23(27-22(20)29)32-14-21(28)26-17-9-6-15(2)19(24)12-17/h6-13H,3-5,14H2,1-2H3,(H,26,28)(H,25,27,29). The fourth-order valence-electron chi connectivity index (χ4n) is 2.98. The number of unbranched alkanes of at least 4 members (excludes halogenated alkanes) is 1. The molecule has 0 radical (unpaired) electrons. The first-order chi connectivity index (χ1) is 15.7. The summed E-state index contributed by atoms with van der Waals surface area (Å²) in [4.78, 5) is 30.7. The number of thioether (sulfide) groups is 1. The minimum Gasteiger partial charge on any atom is -0.325 e. The number of aryl methyl sites for hydroxylation is 2. The Kier molecular flexibility index (Phi) is 8.34. The molecule has 0 unspecified atom stereocenters. The van der Waals surface area contributed by atoms with Crippen LogP contribution in [0.3, 0.4) is 0 Å². The van der Waals surface area contributed by atoms with E-state index in [1.807, 2.05) is 6.92 Å². The van der Waals surface area contributed by atoms with Gasteiger partial charge in [0.2, 0.25) is 15.7 Å². The minimum atomic E-state index is -4.01. The molecule has 0 aliphatic rings. The number of sulfone groups is 1. The number of aromatic nitrogens is 2. The predicted molar refractivity (Wildman–Crippen MR) is 131 cm³/mol. The molecule has 33 heavy (non-hydrogen) atoms.